The maximum absolute atomic E-state index is 14.0. The van der Waals surface area contributed by atoms with Gasteiger partial charge in [0.2, 0.25) is 0 Å². The minimum absolute atomic E-state index is 0.0297. The van der Waals surface area contributed by atoms with Crippen molar-refractivity contribution in [2.75, 3.05) is 7.11 Å². The van der Waals surface area contributed by atoms with Crippen molar-refractivity contribution in [3.05, 3.63) is 63.6 Å². The van der Waals surface area contributed by atoms with Gasteiger partial charge in [0.05, 0.1) is 18.4 Å². The first-order valence-electron chi connectivity index (χ1n) is 7.36. The summed E-state index contributed by atoms with van der Waals surface area (Å²) >= 11 is 3.28. The molecule has 0 aromatic heterocycles. The van der Waals surface area contributed by atoms with Gasteiger partial charge in [0.15, 0.2) is 0 Å². The summed E-state index contributed by atoms with van der Waals surface area (Å²) in [7, 11) is 1.22. The Morgan fingerprint density at radius 2 is 1.88 bits per heavy atom. The van der Waals surface area contributed by atoms with Crippen molar-refractivity contribution in [2.45, 2.75) is 18.0 Å². The predicted octanol–water partition coefficient (Wildman–Crippen LogP) is 4.99. The van der Waals surface area contributed by atoms with E-state index in [0.29, 0.717) is 15.7 Å². The number of hydrogen-bond donors (Lipinski definition) is 0. The molecular weight excluding hydrogens is 399 g/mol. The summed E-state index contributed by atoms with van der Waals surface area (Å²) < 4.78 is 47.3. The molecule has 3 nitrogen and oxygen atoms in total. The van der Waals surface area contributed by atoms with Gasteiger partial charge in [-0.2, -0.15) is 13.2 Å². The molecule has 7 heteroatoms. The highest BCUT2D eigenvalue weighted by molar-refractivity contribution is 9.10. The lowest BCUT2D eigenvalue weighted by molar-refractivity contribution is -0.168. The maximum Gasteiger partial charge on any atom is 0.403 e. The van der Waals surface area contributed by atoms with Crippen molar-refractivity contribution in [2.24, 2.45) is 4.99 Å². The third-order valence-corrected chi connectivity index (χ3v) is 4.76. The molecule has 1 atom stereocenters. The first kappa shape index (κ1) is 17.7. The second-order valence-electron chi connectivity index (χ2n) is 5.75. The average molecular weight is 412 g/mol. The molecule has 0 saturated heterocycles. The number of rotatable bonds is 2. The number of fused-ring (bicyclic) bond motifs is 1. The minimum Gasteiger partial charge on any atom is -0.465 e. The zero-order valence-corrected chi connectivity index (χ0v) is 14.7. The van der Waals surface area contributed by atoms with Gasteiger partial charge in [-0.3, -0.25) is 4.99 Å². The molecule has 1 aliphatic rings. The fourth-order valence-electron chi connectivity index (χ4n) is 2.88. The third-order valence-electron chi connectivity index (χ3n) is 4.26. The number of alkyl halides is 3. The number of nitrogens with zero attached hydrogens (tertiary/aromatic N) is 1. The molecule has 2 aromatic carbocycles. The van der Waals surface area contributed by atoms with Crippen molar-refractivity contribution in [3.8, 4) is 0 Å². The number of aliphatic imine (C=N–C) groups is 1. The van der Waals surface area contributed by atoms with Gasteiger partial charge >= 0.3 is 12.1 Å². The highest BCUT2D eigenvalue weighted by Crippen LogP contribution is 2.46. The van der Waals surface area contributed by atoms with Gasteiger partial charge in [-0.1, -0.05) is 28.1 Å². The molecule has 0 unspecified atom stereocenters. The van der Waals surface area contributed by atoms with Gasteiger partial charge in [-0.05, 0) is 47.9 Å². The molecule has 3 rings (SSSR count). The lowest BCUT2D eigenvalue weighted by atomic mass is 9.74. The van der Waals surface area contributed by atoms with Gasteiger partial charge in [-0.15, -0.1) is 0 Å². The molecule has 0 amide bonds. The number of ether oxygens (including phenoxy) is 1. The van der Waals surface area contributed by atoms with Crippen LogP contribution < -0.4 is 0 Å². The summed E-state index contributed by atoms with van der Waals surface area (Å²) in [6.45, 7) is 0. The third kappa shape index (κ3) is 3.08. The number of carbonyl (C=O) groups is 1. The number of methoxy groups -OCH3 is 1. The van der Waals surface area contributed by atoms with E-state index in [1.54, 1.807) is 18.2 Å². The Morgan fingerprint density at radius 3 is 2.48 bits per heavy atom. The van der Waals surface area contributed by atoms with Crippen LogP contribution in [0.5, 0.6) is 0 Å². The van der Waals surface area contributed by atoms with Gasteiger partial charge in [-0.25, -0.2) is 4.79 Å². The quantitative estimate of drug-likeness (QED) is 0.652. The molecule has 2 aromatic rings. The van der Waals surface area contributed by atoms with Crippen molar-refractivity contribution in [1.29, 1.82) is 0 Å². The standard InChI is InChI=1S/C18H13BrF3NO2/c1-25-16(24)11-2-4-13(5-3-11)17(18(20,21)22)9-12-8-14(19)6-7-15(12)23-10-17/h2-8,10H,9H2,1H3/t17-/m0/s1. The van der Waals surface area contributed by atoms with E-state index in [1.807, 2.05) is 0 Å². The van der Waals surface area contributed by atoms with Crippen LogP contribution in [0.2, 0.25) is 0 Å². The van der Waals surface area contributed by atoms with E-state index >= 15 is 0 Å². The van der Waals surface area contributed by atoms with Crippen LogP contribution in [-0.4, -0.2) is 25.5 Å². The molecule has 0 saturated carbocycles. The van der Waals surface area contributed by atoms with Crippen molar-refractivity contribution in [1.82, 2.24) is 0 Å². The van der Waals surface area contributed by atoms with Crippen molar-refractivity contribution < 1.29 is 22.7 Å². The van der Waals surface area contributed by atoms with Crippen LogP contribution in [0.25, 0.3) is 0 Å². The zero-order valence-electron chi connectivity index (χ0n) is 13.1. The Balaban J connectivity index is 2.09. The summed E-state index contributed by atoms with van der Waals surface area (Å²) in [6, 6.07) is 10.3. The molecule has 0 fully saturated rings. The average Bonchev–Trinajstić information content (AvgIpc) is 2.59. The Kier molecular flexibility index (Phi) is 4.45. The molecule has 0 radical (unpaired) electrons. The second kappa shape index (κ2) is 6.29. The van der Waals surface area contributed by atoms with E-state index in [2.05, 4.69) is 25.7 Å². The molecule has 0 N–H and O–H groups in total. The lowest BCUT2D eigenvalue weighted by Crippen LogP contribution is -2.47. The van der Waals surface area contributed by atoms with Gasteiger partial charge in [0, 0.05) is 10.7 Å². The van der Waals surface area contributed by atoms with Gasteiger partial charge < -0.3 is 4.74 Å². The number of halogens is 4. The number of hydrogen-bond acceptors (Lipinski definition) is 3. The largest absolute Gasteiger partial charge is 0.465 e. The van der Waals surface area contributed by atoms with E-state index in [4.69, 9.17) is 0 Å². The summed E-state index contributed by atoms with van der Waals surface area (Å²) in [5.41, 5.74) is -0.989. The zero-order chi connectivity index (χ0) is 18.2. The molecule has 25 heavy (non-hydrogen) atoms. The Hall–Kier alpha value is -2.15. The molecule has 1 heterocycles. The highest BCUT2D eigenvalue weighted by Gasteiger charge is 2.56. The molecule has 0 aliphatic carbocycles. The van der Waals surface area contributed by atoms with Crippen molar-refractivity contribution >= 4 is 33.8 Å². The maximum atomic E-state index is 14.0. The fourth-order valence-corrected chi connectivity index (χ4v) is 3.29. The van der Waals surface area contributed by atoms with E-state index in [1.165, 1.54) is 31.4 Å². The molecule has 130 valence electrons. The predicted molar refractivity (Wildman–Crippen MR) is 91.5 cm³/mol. The van der Waals surface area contributed by atoms with Gasteiger partial charge in [0.25, 0.3) is 0 Å². The SMILES string of the molecule is COC(=O)c1ccc([C@@]2(C(F)(F)F)C=Nc3ccc(Br)cc3C2)cc1. The first-order valence-corrected chi connectivity index (χ1v) is 8.15. The van der Waals surface area contributed by atoms with Crippen LogP contribution in [0.1, 0.15) is 21.5 Å². The number of esters is 1. The minimum atomic E-state index is -4.54. The van der Waals surface area contributed by atoms with Crippen LogP contribution in [0.15, 0.2) is 51.9 Å². The Labute approximate surface area is 150 Å². The van der Waals surface area contributed by atoms with Crippen molar-refractivity contribution in [3.63, 3.8) is 0 Å². The summed E-state index contributed by atoms with van der Waals surface area (Å²) in [5, 5.41) is 0. The summed E-state index contributed by atoms with van der Waals surface area (Å²) in [4.78, 5) is 15.5. The topological polar surface area (TPSA) is 38.7 Å². The van der Waals surface area contributed by atoms with E-state index in [9.17, 15) is 18.0 Å². The molecule has 0 bridgehead atoms. The van der Waals surface area contributed by atoms with E-state index in [-0.39, 0.29) is 17.5 Å². The first-order chi connectivity index (χ1) is 11.8. The highest BCUT2D eigenvalue weighted by atomic mass is 79.9. The van der Waals surface area contributed by atoms with E-state index < -0.39 is 17.6 Å². The smallest absolute Gasteiger partial charge is 0.403 e. The van der Waals surface area contributed by atoms with Gasteiger partial charge in [0.1, 0.15) is 5.41 Å². The van der Waals surface area contributed by atoms with E-state index in [0.717, 1.165) is 6.21 Å². The molecule has 1 aliphatic heterocycles. The summed E-state index contributed by atoms with van der Waals surface area (Å²) in [5.74, 6) is -0.598. The lowest BCUT2D eigenvalue weighted by Gasteiger charge is -2.35. The summed E-state index contributed by atoms with van der Waals surface area (Å²) in [6.07, 6.45) is -3.84. The fraction of sp³-hybridized carbons (Fsp3) is 0.222. The molecular formula is C18H13BrF3NO2. The number of carbonyl (C=O) groups excluding carboxylic acids is 1. The van der Waals surface area contributed by atoms with Crippen LogP contribution >= 0.6 is 15.9 Å². The van der Waals surface area contributed by atoms with Crippen LogP contribution in [-0.2, 0) is 16.6 Å². The molecule has 0 spiro atoms. The Bertz CT molecular complexity index is 846. The van der Waals surface area contributed by atoms with Crippen LogP contribution in [0.4, 0.5) is 18.9 Å². The monoisotopic (exact) mass is 411 g/mol. The Morgan fingerprint density at radius 1 is 1.20 bits per heavy atom. The van der Waals surface area contributed by atoms with Crippen LogP contribution in [0, 0.1) is 0 Å². The number of benzene rings is 2. The normalized spacial score (nSPS) is 19.4. The second-order valence-corrected chi connectivity index (χ2v) is 6.66. The van der Waals surface area contributed by atoms with Crippen LogP contribution in [0.3, 0.4) is 0 Å².